The van der Waals surface area contributed by atoms with Gasteiger partial charge in [-0.3, -0.25) is 4.72 Å². The Balaban J connectivity index is 2.42. The summed E-state index contributed by atoms with van der Waals surface area (Å²) in [5.74, 6) is 0.434. The minimum absolute atomic E-state index is 0.0951. The first-order valence-corrected chi connectivity index (χ1v) is 8.55. The van der Waals surface area contributed by atoms with E-state index in [4.69, 9.17) is 16.3 Å². The van der Waals surface area contributed by atoms with Crippen LogP contribution in [-0.4, -0.2) is 15.5 Å². The molecule has 2 aromatic rings. The molecular formula is C16H18ClNO3S. The number of hydrogen-bond donors (Lipinski definition) is 1. The Kier molecular flexibility index (Phi) is 4.68. The molecule has 4 nitrogen and oxygen atoms in total. The molecule has 0 aliphatic rings. The molecular weight excluding hydrogens is 322 g/mol. The van der Waals surface area contributed by atoms with E-state index in [2.05, 4.69) is 4.72 Å². The lowest BCUT2D eigenvalue weighted by Gasteiger charge is -2.15. The van der Waals surface area contributed by atoms with Crippen LogP contribution in [0.1, 0.15) is 16.7 Å². The molecule has 6 heteroatoms. The predicted octanol–water partition coefficient (Wildman–Crippen LogP) is 4.07. The van der Waals surface area contributed by atoms with Crippen molar-refractivity contribution < 1.29 is 13.2 Å². The van der Waals surface area contributed by atoms with Crippen molar-refractivity contribution in [2.24, 2.45) is 0 Å². The van der Waals surface area contributed by atoms with Crippen LogP contribution in [0.5, 0.6) is 5.75 Å². The second-order valence-corrected chi connectivity index (χ2v) is 7.27. The highest BCUT2D eigenvalue weighted by Gasteiger charge is 2.18. The maximum absolute atomic E-state index is 12.5. The number of aryl methyl sites for hydroxylation is 3. The van der Waals surface area contributed by atoms with E-state index < -0.39 is 10.0 Å². The molecule has 0 unspecified atom stereocenters. The molecule has 2 aromatic carbocycles. The molecule has 0 saturated carbocycles. The van der Waals surface area contributed by atoms with Crippen LogP contribution in [-0.2, 0) is 10.0 Å². The van der Waals surface area contributed by atoms with E-state index in [9.17, 15) is 8.42 Å². The predicted molar refractivity (Wildman–Crippen MR) is 89.5 cm³/mol. The van der Waals surface area contributed by atoms with Gasteiger partial charge in [-0.2, -0.15) is 0 Å². The van der Waals surface area contributed by atoms with E-state index in [1.165, 1.54) is 25.3 Å². The monoisotopic (exact) mass is 339 g/mol. The first kappa shape index (κ1) is 16.6. The zero-order valence-electron chi connectivity index (χ0n) is 12.9. The number of sulfonamides is 1. The Morgan fingerprint density at radius 3 is 2.14 bits per heavy atom. The Morgan fingerprint density at radius 2 is 1.64 bits per heavy atom. The number of benzene rings is 2. The van der Waals surface area contributed by atoms with Crippen LogP contribution in [0.15, 0.2) is 35.2 Å². The molecule has 2 rings (SSSR count). The quantitative estimate of drug-likeness (QED) is 0.913. The van der Waals surface area contributed by atoms with Gasteiger partial charge in [0.15, 0.2) is 0 Å². The number of nitrogens with one attached hydrogen (secondary N) is 1. The van der Waals surface area contributed by atoms with E-state index in [0.717, 1.165) is 16.7 Å². The van der Waals surface area contributed by atoms with Crippen molar-refractivity contribution in [3.63, 3.8) is 0 Å². The van der Waals surface area contributed by atoms with Crippen LogP contribution in [0.4, 0.5) is 5.69 Å². The summed E-state index contributed by atoms with van der Waals surface area (Å²) < 4.78 is 32.7. The summed E-state index contributed by atoms with van der Waals surface area (Å²) in [4.78, 5) is 0.0951. The van der Waals surface area contributed by atoms with E-state index in [1.807, 2.05) is 32.9 Å². The molecule has 0 amide bonds. The summed E-state index contributed by atoms with van der Waals surface area (Å²) in [7, 11) is -2.23. The third kappa shape index (κ3) is 3.36. The molecule has 1 N–H and O–H groups in total. The summed E-state index contributed by atoms with van der Waals surface area (Å²) in [5.41, 5.74) is 3.43. The van der Waals surface area contributed by atoms with Crippen molar-refractivity contribution >= 4 is 27.3 Å². The average Bonchev–Trinajstić information content (AvgIpc) is 2.42. The Morgan fingerprint density at radius 1 is 1.05 bits per heavy atom. The van der Waals surface area contributed by atoms with Crippen LogP contribution < -0.4 is 9.46 Å². The summed E-state index contributed by atoms with van der Waals surface area (Å²) in [5, 5.41) is 0.253. The van der Waals surface area contributed by atoms with Gasteiger partial charge >= 0.3 is 0 Å². The van der Waals surface area contributed by atoms with E-state index in [-0.39, 0.29) is 9.92 Å². The summed E-state index contributed by atoms with van der Waals surface area (Å²) >= 11 is 6.00. The summed E-state index contributed by atoms with van der Waals surface area (Å²) in [6, 6.07) is 8.25. The van der Waals surface area contributed by atoms with Gasteiger partial charge in [-0.25, -0.2) is 8.42 Å². The van der Waals surface area contributed by atoms with Gasteiger partial charge in [0, 0.05) is 0 Å². The third-order valence-corrected chi connectivity index (χ3v) is 4.99. The first-order valence-electron chi connectivity index (χ1n) is 6.69. The normalized spacial score (nSPS) is 11.3. The number of hydrogen-bond acceptors (Lipinski definition) is 3. The molecule has 0 fully saturated rings. The fraction of sp³-hybridized carbons (Fsp3) is 0.250. The largest absolute Gasteiger partial charge is 0.495 e. The van der Waals surface area contributed by atoms with Crippen LogP contribution in [0.2, 0.25) is 5.02 Å². The molecule has 0 spiro atoms. The van der Waals surface area contributed by atoms with Crippen LogP contribution in [0.25, 0.3) is 0 Å². The van der Waals surface area contributed by atoms with Crippen molar-refractivity contribution in [2.45, 2.75) is 25.7 Å². The standard InChI is InChI=1S/C16H18ClNO3S/c1-10-7-11(2)16(12(3)8-10)18-22(19,20)13-5-6-15(21-4)14(17)9-13/h5-9,18H,1-4H3. The van der Waals surface area contributed by atoms with Gasteiger partial charge in [0.1, 0.15) is 5.75 Å². The zero-order valence-corrected chi connectivity index (χ0v) is 14.5. The first-order chi connectivity index (χ1) is 10.2. The van der Waals surface area contributed by atoms with Gasteiger partial charge in [0.05, 0.1) is 22.7 Å². The lowest BCUT2D eigenvalue weighted by atomic mass is 10.1. The summed E-state index contributed by atoms with van der Waals surface area (Å²) in [6.07, 6.45) is 0. The molecule has 0 bridgehead atoms. The number of ether oxygens (including phenoxy) is 1. The van der Waals surface area contributed by atoms with Gasteiger partial charge in [-0.1, -0.05) is 29.3 Å². The van der Waals surface area contributed by atoms with Gasteiger partial charge in [0.2, 0.25) is 0 Å². The lowest BCUT2D eigenvalue weighted by molar-refractivity contribution is 0.414. The molecule has 0 aliphatic heterocycles. The molecule has 22 heavy (non-hydrogen) atoms. The second kappa shape index (κ2) is 6.18. The van der Waals surface area contributed by atoms with E-state index >= 15 is 0 Å². The van der Waals surface area contributed by atoms with Crippen molar-refractivity contribution in [2.75, 3.05) is 11.8 Å². The second-order valence-electron chi connectivity index (χ2n) is 5.18. The van der Waals surface area contributed by atoms with Crippen LogP contribution in [0.3, 0.4) is 0 Å². The van der Waals surface area contributed by atoms with Gasteiger partial charge in [0.25, 0.3) is 10.0 Å². The number of anilines is 1. The van der Waals surface area contributed by atoms with Crippen LogP contribution in [0, 0.1) is 20.8 Å². The van der Waals surface area contributed by atoms with Crippen molar-refractivity contribution in [3.8, 4) is 5.75 Å². The van der Waals surface area contributed by atoms with Gasteiger partial charge in [-0.05, 0) is 50.1 Å². The fourth-order valence-electron chi connectivity index (χ4n) is 2.35. The highest BCUT2D eigenvalue weighted by Crippen LogP contribution is 2.29. The van der Waals surface area contributed by atoms with E-state index in [0.29, 0.717) is 11.4 Å². The SMILES string of the molecule is COc1ccc(S(=O)(=O)Nc2c(C)cc(C)cc2C)cc1Cl. The smallest absolute Gasteiger partial charge is 0.261 e. The Hall–Kier alpha value is -1.72. The maximum Gasteiger partial charge on any atom is 0.261 e. The fourth-order valence-corrected chi connectivity index (χ4v) is 3.90. The van der Waals surface area contributed by atoms with E-state index in [1.54, 1.807) is 0 Å². The van der Waals surface area contributed by atoms with Crippen molar-refractivity contribution in [3.05, 3.63) is 52.0 Å². The molecule has 118 valence electrons. The third-order valence-electron chi connectivity index (χ3n) is 3.35. The minimum Gasteiger partial charge on any atom is -0.495 e. The minimum atomic E-state index is -3.71. The Labute approximate surface area is 136 Å². The Bertz CT molecular complexity index is 793. The van der Waals surface area contributed by atoms with Crippen LogP contribution >= 0.6 is 11.6 Å². The van der Waals surface area contributed by atoms with Crippen molar-refractivity contribution in [1.82, 2.24) is 0 Å². The summed E-state index contributed by atoms with van der Waals surface area (Å²) in [6.45, 7) is 5.72. The molecule has 0 saturated heterocycles. The average molecular weight is 340 g/mol. The highest BCUT2D eigenvalue weighted by molar-refractivity contribution is 7.92. The van der Waals surface area contributed by atoms with Gasteiger partial charge in [-0.15, -0.1) is 0 Å². The zero-order chi connectivity index (χ0) is 16.5. The maximum atomic E-state index is 12.5. The highest BCUT2D eigenvalue weighted by atomic mass is 35.5. The lowest BCUT2D eigenvalue weighted by Crippen LogP contribution is -2.15. The molecule has 0 atom stereocenters. The molecule has 0 heterocycles. The topological polar surface area (TPSA) is 55.4 Å². The van der Waals surface area contributed by atoms with Crippen molar-refractivity contribution in [1.29, 1.82) is 0 Å². The van der Waals surface area contributed by atoms with Gasteiger partial charge < -0.3 is 4.74 Å². The molecule has 0 aromatic heterocycles. The molecule has 0 radical (unpaired) electrons. The number of rotatable bonds is 4. The molecule has 0 aliphatic carbocycles. The number of methoxy groups -OCH3 is 1. The number of halogens is 1.